The lowest BCUT2D eigenvalue weighted by Crippen LogP contribution is -2.28. The Labute approximate surface area is 187 Å². The Kier molecular flexibility index (Phi) is 5.14. The molecule has 0 aliphatic carbocycles. The van der Waals surface area contributed by atoms with Crippen LogP contribution in [0.1, 0.15) is 29.3 Å². The molecular weight excluding hydrogens is 462 g/mol. The molecule has 30 heavy (non-hydrogen) atoms. The van der Waals surface area contributed by atoms with Crippen molar-refractivity contribution >= 4 is 33.3 Å². The highest BCUT2D eigenvalue weighted by Gasteiger charge is 2.42. The number of thiocarbonyl (C=S) groups is 1. The predicted molar refractivity (Wildman–Crippen MR) is 122 cm³/mol. The molecule has 1 fully saturated rings. The van der Waals surface area contributed by atoms with Crippen molar-refractivity contribution in [3.8, 4) is 11.3 Å². The maximum absolute atomic E-state index is 6.33. The summed E-state index contributed by atoms with van der Waals surface area (Å²) in [5.74, 6) is 2.47. The van der Waals surface area contributed by atoms with E-state index in [-0.39, 0.29) is 12.1 Å². The van der Waals surface area contributed by atoms with Gasteiger partial charge < -0.3 is 19.1 Å². The molecule has 2 atom stereocenters. The SMILES string of the molecule is S=C1N[C@@H](c2ccccn2)[C@@H](c2ccc(-c3ccc(Br)cc3)o2)N1Cc1ccco1. The molecule has 0 unspecified atom stereocenters. The number of pyridine rings is 1. The summed E-state index contributed by atoms with van der Waals surface area (Å²) in [6, 6.07) is 21.5. The van der Waals surface area contributed by atoms with Crippen LogP contribution in [0.15, 0.2) is 92.5 Å². The van der Waals surface area contributed by atoms with Crippen LogP contribution < -0.4 is 5.32 Å². The molecule has 1 aromatic carbocycles. The molecule has 0 bridgehead atoms. The molecule has 5 nitrogen and oxygen atoms in total. The summed E-state index contributed by atoms with van der Waals surface area (Å²) in [6.45, 7) is 0.543. The van der Waals surface area contributed by atoms with E-state index in [2.05, 4.69) is 31.1 Å². The smallest absolute Gasteiger partial charge is 0.170 e. The second-order valence-corrected chi connectivity index (χ2v) is 8.35. The van der Waals surface area contributed by atoms with Crippen LogP contribution in [0.25, 0.3) is 11.3 Å². The summed E-state index contributed by atoms with van der Waals surface area (Å²) in [7, 11) is 0. The van der Waals surface area contributed by atoms with Gasteiger partial charge in [0, 0.05) is 16.2 Å². The normalized spacial score (nSPS) is 18.6. The minimum absolute atomic E-state index is 0.127. The summed E-state index contributed by atoms with van der Waals surface area (Å²) in [6.07, 6.45) is 3.47. The van der Waals surface area contributed by atoms with Crippen molar-refractivity contribution < 1.29 is 8.83 Å². The van der Waals surface area contributed by atoms with Crippen LogP contribution in [0.5, 0.6) is 0 Å². The second-order valence-electron chi connectivity index (χ2n) is 7.04. The summed E-state index contributed by atoms with van der Waals surface area (Å²) >= 11 is 9.16. The fourth-order valence-corrected chi connectivity index (χ4v) is 4.31. The number of nitrogens with zero attached hydrogens (tertiary/aromatic N) is 2. The molecule has 0 radical (unpaired) electrons. The van der Waals surface area contributed by atoms with Crippen molar-refractivity contribution in [2.75, 3.05) is 0 Å². The van der Waals surface area contributed by atoms with Gasteiger partial charge in [-0.05, 0) is 60.7 Å². The van der Waals surface area contributed by atoms with Gasteiger partial charge in [0.2, 0.25) is 0 Å². The molecule has 1 saturated heterocycles. The number of aromatic nitrogens is 1. The third-order valence-electron chi connectivity index (χ3n) is 5.15. The fraction of sp³-hybridized carbons (Fsp3) is 0.130. The molecule has 150 valence electrons. The quantitative estimate of drug-likeness (QED) is 0.361. The van der Waals surface area contributed by atoms with Gasteiger partial charge in [-0.1, -0.05) is 34.1 Å². The zero-order valence-corrected chi connectivity index (χ0v) is 18.3. The average Bonchev–Trinajstić information content (AvgIpc) is 3.51. The molecule has 5 rings (SSSR count). The lowest BCUT2D eigenvalue weighted by molar-refractivity contribution is 0.253. The van der Waals surface area contributed by atoms with E-state index in [1.54, 1.807) is 12.5 Å². The lowest BCUT2D eigenvalue weighted by Gasteiger charge is -2.25. The number of benzene rings is 1. The Hall–Kier alpha value is -2.90. The maximum Gasteiger partial charge on any atom is 0.170 e. The van der Waals surface area contributed by atoms with Gasteiger partial charge in [-0.15, -0.1) is 0 Å². The van der Waals surface area contributed by atoms with Gasteiger partial charge in [0.1, 0.15) is 23.3 Å². The van der Waals surface area contributed by atoms with Crippen molar-refractivity contribution in [1.82, 2.24) is 15.2 Å². The fourth-order valence-electron chi connectivity index (χ4n) is 3.74. The summed E-state index contributed by atoms with van der Waals surface area (Å²) in [4.78, 5) is 6.65. The molecule has 1 aliphatic rings. The molecule has 3 aromatic heterocycles. The number of furan rings is 2. The number of rotatable bonds is 5. The highest BCUT2D eigenvalue weighted by Crippen LogP contribution is 2.41. The van der Waals surface area contributed by atoms with E-state index in [4.69, 9.17) is 21.1 Å². The van der Waals surface area contributed by atoms with Gasteiger partial charge in [-0.3, -0.25) is 4.98 Å². The van der Waals surface area contributed by atoms with E-state index < -0.39 is 0 Å². The summed E-state index contributed by atoms with van der Waals surface area (Å²) in [5, 5.41) is 4.07. The van der Waals surface area contributed by atoms with E-state index in [1.807, 2.05) is 66.7 Å². The first-order chi connectivity index (χ1) is 14.7. The molecule has 4 aromatic rings. The van der Waals surface area contributed by atoms with Crippen molar-refractivity contribution in [3.05, 3.63) is 101 Å². The van der Waals surface area contributed by atoms with E-state index in [0.717, 1.165) is 33.0 Å². The number of hydrogen-bond acceptors (Lipinski definition) is 4. The molecular formula is C23H18BrN3O2S. The monoisotopic (exact) mass is 479 g/mol. The van der Waals surface area contributed by atoms with Gasteiger partial charge in [-0.2, -0.15) is 0 Å². The lowest BCUT2D eigenvalue weighted by atomic mass is 10.0. The Bertz CT molecular complexity index is 1140. The topological polar surface area (TPSA) is 54.4 Å². The first-order valence-corrected chi connectivity index (χ1v) is 10.8. The standard InChI is InChI=1S/C23H18BrN3O2S/c24-16-8-6-15(7-9-16)19-10-11-20(29-19)22-21(18-5-1-2-12-25-18)26-23(30)27(22)14-17-4-3-13-28-17/h1-13,21-22H,14H2,(H,26,30)/t21-,22+/m0/s1. The number of halogens is 1. The van der Waals surface area contributed by atoms with Gasteiger partial charge in [-0.25, -0.2) is 0 Å². The molecule has 1 N–H and O–H groups in total. The van der Waals surface area contributed by atoms with Crippen molar-refractivity contribution in [2.45, 2.75) is 18.6 Å². The molecule has 0 amide bonds. The first kappa shape index (κ1) is 19.1. The summed E-state index contributed by atoms with van der Waals surface area (Å²) in [5.41, 5.74) is 1.93. The van der Waals surface area contributed by atoms with E-state index in [9.17, 15) is 0 Å². The van der Waals surface area contributed by atoms with Crippen LogP contribution in [0, 0.1) is 0 Å². The van der Waals surface area contributed by atoms with Crippen LogP contribution in [-0.4, -0.2) is 15.0 Å². The Morgan fingerprint density at radius 1 is 1.03 bits per heavy atom. The first-order valence-electron chi connectivity index (χ1n) is 9.55. The van der Waals surface area contributed by atoms with Crippen molar-refractivity contribution in [2.24, 2.45) is 0 Å². The van der Waals surface area contributed by atoms with Gasteiger partial charge in [0.15, 0.2) is 5.11 Å². The number of nitrogens with one attached hydrogen (secondary N) is 1. The Morgan fingerprint density at radius 3 is 2.63 bits per heavy atom. The van der Waals surface area contributed by atoms with E-state index >= 15 is 0 Å². The average molecular weight is 480 g/mol. The van der Waals surface area contributed by atoms with Crippen LogP contribution in [0.4, 0.5) is 0 Å². The van der Waals surface area contributed by atoms with Crippen LogP contribution in [0.3, 0.4) is 0 Å². The van der Waals surface area contributed by atoms with Crippen LogP contribution in [-0.2, 0) is 6.54 Å². The molecule has 0 saturated carbocycles. The second kappa shape index (κ2) is 8.08. The Balaban J connectivity index is 1.53. The minimum atomic E-state index is -0.151. The highest BCUT2D eigenvalue weighted by atomic mass is 79.9. The van der Waals surface area contributed by atoms with Crippen LogP contribution >= 0.6 is 28.1 Å². The van der Waals surface area contributed by atoms with Gasteiger partial charge >= 0.3 is 0 Å². The van der Waals surface area contributed by atoms with E-state index in [1.165, 1.54) is 0 Å². The largest absolute Gasteiger partial charge is 0.467 e. The minimum Gasteiger partial charge on any atom is -0.467 e. The summed E-state index contributed by atoms with van der Waals surface area (Å²) < 4.78 is 12.9. The third kappa shape index (κ3) is 3.66. The van der Waals surface area contributed by atoms with Crippen molar-refractivity contribution in [3.63, 3.8) is 0 Å². The number of hydrogen-bond donors (Lipinski definition) is 1. The molecule has 0 spiro atoms. The van der Waals surface area contributed by atoms with Crippen LogP contribution in [0.2, 0.25) is 0 Å². The van der Waals surface area contributed by atoms with Gasteiger partial charge in [0.05, 0.1) is 24.5 Å². The molecule has 4 heterocycles. The van der Waals surface area contributed by atoms with E-state index in [0.29, 0.717) is 11.7 Å². The van der Waals surface area contributed by atoms with Crippen molar-refractivity contribution in [1.29, 1.82) is 0 Å². The third-order valence-corrected chi connectivity index (χ3v) is 6.03. The predicted octanol–water partition coefficient (Wildman–Crippen LogP) is 5.87. The Morgan fingerprint density at radius 2 is 1.90 bits per heavy atom. The van der Waals surface area contributed by atoms with Gasteiger partial charge in [0.25, 0.3) is 0 Å². The zero-order chi connectivity index (χ0) is 20.5. The highest BCUT2D eigenvalue weighted by molar-refractivity contribution is 9.10. The zero-order valence-electron chi connectivity index (χ0n) is 15.9. The molecule has 7 heteroatoms. The molecule has 1 aliphatic heterocycles. The maximum atomic E-state index is 6.33.